The molecule has 1 aromatic heterocycles. The second kappa shape index (κ2) is 10.3. The molecule has 1 fully saturated rings. The predicted molar refractivity (Wildman–Crippen MR) is 136 cm³/mol. The highest BCUT2D eigenvalue weighted by atomic mass is 32.2. The lowest BCUT2D eigenvalue weighted by atomic mass is 9.95. The average Bonchev–Trinajstić information content (AvgIpc) is 3.17. The number of anilines is 1. The van der Waals surface area contributed by atoms with Crippen molar-refractivity contribution in [1.82, 2.24) is 18.8 Å². The van der Waals surface area contributed by atoms with Crippen LogP contribution in [0.1, 0.15) is 32.0 Å². The van der Waals surface area contributed by atoms with Crippen LogP contribution in [0, 0.1) is 5.92 Å². The standard InChI is InChI=1S/C25H33N5O4S/c1-4-13-30-22-10-9-19(35(33,34)28(2)3)16-21(22)26-24(30)17-29-14-11-18(12-15-29)25(32)27-20-7-5-6-8-23(20)31/h5-10,16,18,31H,4,11-15,17H2,1-3H3,(H,27,32). The van der Waals surface area contributed by atoms with Crippen LogP contribution in [0.5, 0.6) is 5.75 Å². The number of sulfonamides is 1. The quantitative estimate of drug-likeness (QED) is 0.461. The number of aryl methyl sites for hydroxylation is 1. The zero-order valence-corrected chi connectivity index (χ0v) is 21.3. The minimum atomic E-state index is -3.53. The Morgan fingerprint density at radius 3 is 2.54 bits per heavy atom. The van der Waals surface area contributed by atoms with Crippen molar-refractivity contribution in [3.05, 3.63) is 48.3 Å². The lowest BCUT2D eigenvalue weighted by Crippen LogP contribution is -2.38. The van der Waals surface area contributed by atoms with Crippen LogP contribution in [-0.2, 0) is 27.9 Å². The maximum atomic E-state index is 12.7. The van der Waals surface area contributed by atoms with Crippen LogP contribution in [0.3, 0.4) is 0 Å². The molecule has 9 nitrogen and oxygen atoms in total. The molecule has 0 atom stereocenters. The maximum absolute atomic E-state index is 12.7. The molecule has 1 aliphatic rings. The zero-order chi connectivity index (χ0) is 25.2. The van der Waals surface area contributed by atoms with Crippen LogP contribution in [0.2, 0.25) is 0 Å². The number of aromatic nitrogens is 2. The number of nitrogens with one attached hydrogen (secondary N) is 1. The number of imidazole rings is 1. The number of phenols is 1. The molecule has 2 heterocycles. The van der Waals surface area contributed by atoms with Crippen LogP contribution in [0.15, 0.2) is 47.4 Å². The monoisotopic (exact) mass is 499 g/mol. The summed E-state index contributed by atoms with van der Waals surface area (Å²) in [6.07, 6.45) is 2.38. The van der Waals surface area contributed by atoms with Crippen molar-refractivity contribution < 1.29 is 18.3 Å². The molecule has 35 heavy (non-hydrogen) atoms. The largest absolute Gasteiger partial charge is 0.506 e. The van der Waals surface area contributed by atoms with Crippen LogP contribution in [0.25, 0.3) is 11.0 Å². The third-order valence-corrected chi connectivity index (χ3v) is 8.32. The zero-order valence-electron chi connectivity index (χ0n) is 20.4. The van der Waals surface area contributed by atoms with E-state index in [1.54, 1.807) is 36.4 Å². The lowest BCUT2D eigenvalue weighted by molar-refractivity contribution is -0.121. The van der Waals surface area contributed by atoms with Gasteiger partial charge >= 0.3 is 0 Å². The van der Waals surface area contributed by atoms with E-state index in [9.17, 15) is 18.3 Å². The van der Waals surface area contributed by atoms with Crippen LogP contribution in [-0.4, -0.2) is 65.4 Å². The SMILES string of the molecule is CCCn1c(CN2CCC(C(=O)Nc3ccccc3O)CC2)nc2cc(S(=O)(=O)N(C)C)ccc21. The minimum absolute atomic E-state index is 0.0645. The summed E-state index contributed by atoms with van der Waals surface area (Å²) in [5, 5.41) is 12.8. The number of piperidine rings is 1. The number of fused-ring (bicyclic) bond motifs is 1. The fourth-order valence-electron chi connectivity index (χ4n) is 4.49. The second-order valence-electron chi connectivity index (χ2n) is 9.17. The molecule has 2 aromatic carbocycles. The summed E-state index contributed by atoms with van der Waals surface area (Å²) in [5.41, 5.74) is 2.04. The Bertz CT molecular complexity index is 1310. The van der Waals surface area contributed by atoms with E-state index in [2.05, 4.69) is 21.7 Å². The number of carbonyl (C=O) groups is 1. The number of hydrogen-bond acceptors (Lipinski definition) is 6. The molecule has 10 heteroatoms. The molecular formula is C25H33N5O4S. The number of rotatable bonds is 8. The molecule has 0 saturated carbocycles. The topological polar surface area (TPSA) is 108 Å². The number of phenolic OH excluding ortho intramolecular Hbond substituents is 1. The van der Waals surface area contributed by atoms with Crippen molar-refractivity contribution in [2.24, 2.45) is 5.92 Å². The lowest BCUT2D eigenvalue weighted by Gasteiger charge is -2.31. The van der Waals surface area contributed by atoms with Gasteiger partial charge in [-0.25, -0.2) is 17.7 Å². The molecule has 0 spiro atoms. The van der Waals surface area contributed by atoms with Crippen molar-refractivity contribution in [2.75, 3.05) is 32.5 Å². The molecule has 0 unspecified atom stereocenters. The summed E-state index contributed by atoms with van der Waals surface area (Å²) in [7, 11) is -0.489. The number of carbonyl (C=O) groups excluding carboxylic acids is 1. The fraction of sp³-hybridized carbons (Fsp3) is 0.440. The van der Waals surface area contributed by atoms with Gasteiger partial charge in [0.1, 0.15) is 11.6 Å². The number of nitrogens with zero attached hydrogens (tertiary/aromatic N) is 4. The number of benzene rings is 2. The molecule has 0 radical (unpaired) electrons. The van der Waals surface area contributed by atoms with E-state index in [-0.39, 0.29) is 22.5 Å². The Morgan fingerprint density at radius 2 is 1.89 bits per heavy atom. The van der Waals surface area contributed by atoms with Gasteiger partial charge in [0.15, 0.2) is 0 Å². The Kier molecular flexibility index (Phi) is 7.44. The van der Waals surface area contributed by atoms with Gasteiger partial charge in [-0.15, -0.1) is 0 Å². The highest BCUT2D eigenvalue weighted by Crippen LogP contribution is 2.27. The van der Waals surface area contributed by atoms with Crippen molar-refractivity contribution >= 4 is 32.7 Å². The first kappa shape index (κ1) is 25.2. The molecular weight excluding hydrogens is 466 g/mol. The molecule has 1 saturated heterocycles. The van der Waals surface area contributed by atoms with Crippen molar-refractivity contribution in [3.8, 4) is 5.75 Å². The van der Waals surface area contributed by atoms with Gasteiger partial charge in [0.25, 0.3) is 0 Å². The molecule has 2 N–H and O–H groups in total. The van der Waals surface area contributed by atoms with Gasteiger partial charge < -0.3 is 15.0 Å². The van der Waals surface area contributed by atoms with Crippen LogP contribution in [0.4, 0.5) is 5.69 Å². The normalized spacial score (nSPS) is 15.7. The number of likely N-dealkylation sites (tertiary alicyclic amines) is 1. The summed E-state index contributed by atoms with van der Waals surface area (Å²) in [5.74, 6) is 0.783. The smallest absolute Gasteiger partial charge is 0.242 e. The summed E-state index contributed by atoms with van der Waals surface area (Å²) < 4.78 is 28.5. The molecule has 0 bridgehead atoms. The maximum Gasteiger partial charge on any atom is 0.242 e. The van der Waals surface area contributed by atoms with E-state index >= 15 is 0 Å². The second-order valence-corrected chi connectivity index (χ2v) is 11.3. The van der Waals surface area contributed by atoms with E-state index in [1.807, 2.05) is 6.07 Å². The van der Waals surface area contributed by atoms with Gasteiger partial charge in [-0.05, 0) is 62.7 Å². The Balaban J connectivity index is 1.46. The predicted octanol–water partition coefficient (Wildman–Crippen LogP) is 3.25. The summed E-state index contributed by atoms with van der Waals surface area (Å²) in [4.78, 5) is 20.0. The van der Waals surface area contributed by atoms with Gasteiger partial charge in [0, 0.05) is 26.6 Å². The fourth-order valence-corrected chi connectivity index (χ4v) is 5.41. The van der Waals surface area contributed by atoms with Crippen LogP contribution < -0.4 is 5.32 Å². The number of para-hydroxylation sites is 2. The average molecular weight is 500 g/mol. The first-order valence-electron chi connectivity index (χ1n) is 11.9. The molecule has 1 amide bonds. The Labute approximate surface area is 206 Å². The molecule has 1 aliphatic heterocycles. The van der Waals surface area contributed by atoms with Gasteiger partial charge in [-0.1, -0.05) is 19.1 Å². The van der Waals surface area contributed by atoms with Gasteiger partial charge in [0.2, 0.25) is 15.9 Å². The van der Waals surface area contributed by atoms with Crippen molar-refractivity contribution in [3.63, 3.8) is 0 Å². The van der Waals surface area contributed by atoms with E-state index in [0.29, 0.717) is 17.7 Å². The van der Waals surface area contributed by atoms with Gasteiger partial charge in [-0.2, -0.15) is 0 Å². The first-order chi connectivity index (χ1) is 16.7. The molecule has 3 aromatic rings. The molecule has 188 valence electrons. The third kappa shape index (κ3) is 5.34. The van der Waals surface area contributed by atoms with Crippen molar-refractivity contribution in [2.45, 2.75) is 44.2 Å². The van der Waals surface area contributed by atoms with E-state index in [0.717, 1.165) is 50.2 Å². The Morgan fingerprint density at radius 1 is 1.17 bits per heavy atom. The number of aromatic hydroxyl groups is 1. The Hall–Kier alpha value is -2.95. The molecule has 0 aliphatic carbocycles. The summed E-state index contributed by atoms with van der Waals surface area (Å²) >= 11 is 0. The van der Waals surface area contributed by atoms with E-state index in [1.165, 1.54) is 18.4 Å². The third-order valence-electron chi connectivity index (χ3n) is 6.51. The highest BCUT2D eigenvalue weighted by molar-refractivity contribution is 7.89. The first-order valence-corrected chi connectivity index (χ1v) is 13.4. The highest BCUT2D eigenvalue weighted by Gasteiger charge is 2.27. The van der Waals surface area contributed by atoms with E-state index in [4.69, 9.17) is 4.98 Å². The van der Waals surface area contributed by atoms with Crippen LogP contribution >= 0.6 is 0 Å². The number of amides is 1. The summed E-state index contributed by atoms with van der Waals surface area (Å²) in [6, 6.07) is 11.9. The van der Waals surface area contributed by atoms with E-state index < -0.39 is 10.0 Å². The minimum Gasteiger partial charge on any atom is -0.506 e. The van der Waals surface area contributed by atoms with Gasteiger partial charge in [0.05, 0.1) is 28.2 Å². The molecule has 4 rings (SSSR count). The summed E-state index contributed by atoms with van der Waals surface area (Å²) in [6.45, 7) is 5.06. The van der Waals surface area contributed by atoms with Crippen molar-refractivity contribution in [1.29, 1.82) is 0 Å². The van der Waals surface area contributed by atoms with Gasteiger partial charge in [-0.3, -0.25) is 9.69 Å². The number of hydrogen-bond donors (Lipinski definition) is 2.